The Morgan fingerprint density at radius 3 is 2.84 bits per heavy atom. The van der Waals surface area contributed by atoms with Gasteiger partial charge in [-0.2, -0.15) is 0 Å². The van der Waals surface area contributed by atoms with Crippen LogP contribution in [0.15, 0.2) is 18.2 Å². The van der Waals surface area contributed by atoms with Gasteiger partial charge in [-0.1, -0.05) is 6.07 Å². The summed E-state index contributed by atoms with van der Waals surface area (Å²) in [6.07, 6.45) is 2.62. The van der Waals surface area contributed by atoms with Crippen LogP contribution in [0.4, 0.5) is 0 Å². The molecule has 7 heteroatoms. The lowest BCUT2D eigenvalue weighted by atomic mass is 10.1. The van der Waals surface area contributed by atoms with Crippen molar-refractivity contribution in [1.82, 2.24) is 5.32 Å². The van der Waals surface area contributed by atoms with Gasteiger partial charge in [-0.3, -0.25) is 4.79 Å². The summed E-state index contributed by atoms with van der Waals surface area (Å²) in [5.74, 6) is -1.04. The first-order valence-electron chi connectivity index (χ1n) is 8.42. The third-order valence-electron chi connectivity index (χ3n) is 4.14. The first kappa shape index (κ1) is 19.2. The van der Waals surface area contributed by atoms with Crippen molar-refractivity contribution >= 4 is 11.9 Å². The maximum absolute atomic E-state index is 12.1. The van der Waals surface area contributed by atoms with Crippen LogP contribution in [0.5, 0.6) is 5.75 Å². The molecule has 25 heavy (non-hydrogen) atoms. The summed E-state index contributed by atoms with van der Waals surface area (Å²) in [5, 5.41) is 11.9. The molecule has 0 radical (unpaired) electrons. The monoisotopic (exact) mass is 351 g/mol. The number of methoxy groups -OCH3 is 1. The highest BCUT2D eigenvalue weighted by molar-refractivity contribution is 5.91. The van der Waals surface area contributed by atoms with Crippen LogP contribution in [0.3, 0.4) is 0 Å². The molecular formula is C18H25NO6. The molecule has 2 N–H and O–H groups in total. The summed E-state index contributed by atoms with van der Waals surface area (Å²) in [6.45, 7) is 3.06. The van der Waals surface area contributed by atoms with E-state index in [4.69, 9.17) is 14.2 Å². The summed E-state index contributed by atoms with van der Waals surface area (Å²) >= 11 is 0. The van der Waals surface area contributed by atoms with E-state index in [1.165, 1.54) is 13.2 Å². The first-order chi connectivity index (χ1) is 12.0. The van der Waals surface area contributed by atoms with Crippen molar-refractivity contribution in [1.29, 1.82) is 0 Å². The second-order valence-electron chi connectivity index (χ2n) is 6.02. The molecule has 1 aliphatic rings. The molecule has 0 spiro atoms. The van der Waals surface area contributed by atoms with Crippen molar-refractivity contribution in [2.24, 2.45) is 0 Å². The SMILES string of the molecule is COc1ccc(CNC(=O)[C@H](C)OC[C@@H]2CCCCO2)cc1C(=O)O. The normalized spacial score (nSPS) is 18.4. The Hall–Kier alpha value is -2.12. The number of rotatable bonds is 8. The van der Waals surface area contributed by atoms with Gasteiger partial charge in [0.15, 0.2) is 0 Å². The van der Waals surface area contributed by atoms with Gasteiger partial charge in [0.25, 0.3) is 0 Å². The van der Waals surface area contributed by atoms with Crippen LogP contribution in [0.25, 0.3) is 0 Å². The number of ether oxygens (including phenoxy) is 3. The highest BCUT2D eigenvalue weighted by Crippen LogP contribution is 2.20. The molecule has 0 aromatic heterocycles. The maximum Gasteiger partial charge on any atom is 0.339 e. The lowest BCUT2D eigenvalue weighted by molar-refractivity contribution is -0.135. The number of benzene rings is 1. The number of carbonyl (C=O) groups excluding carboxylic acids is 1. The summed E-state index contributed by atoms with van der Waals surface area (Å²) < 4.78 is 16.2. The Bertz CT molecular complexity index is 597. The second-order valence-corrected chi connectivity index (χ2v) is 6.02. The Balaban J connectivity index is 1.82. The summed E-state index contributed by atoms with van der Waals surface area (Å²) in [7, 11) is 1.41. The summed E-state index contributed by atoms with van der Waals surface area (Å²) in [5.41, 5.74) is 0.738. The van der Waals surface area contributed by atoms with Crippen LogP contribution >= 0.6 is 0 Å². The van der Waals surface area contributed by atoms with E-state index < -0.39 is 12.1 Å². The molecule has 0 unspecified atom stereocenters. The Kier molecular flexibility index (Phi) is 7.21. The van der Waals surface area contributed by atoms with E-state index in [9.17, 15) is 14.7 Å². The Morgan fingerprint density at radius 2 is 2.20 bits per heavy atom. The largest absolute Gasteiger partial charge is 0.496 e. The number of carboxylic acid groups (broad SMARTS) is 1. The highest BCUT2D eigenvalue weighted by atomic mass is 16.5. The van der Waals surface area contributed by atoms with Gasteiger partial charge in [0.05, 0.1) is 19.8 Å². The molecule has 0 saturated carbocycles. The molecule has 1 aliphatic heterocycles. The van der Waals surface area contributed by atoms with Crippen molar-refractivity contribution < 1.29 is 28.9 Å². The molecule has 0 bridgehead atoms. The van der Waals surface area contributed by atoms with Crippen molar-refractivity contribution in [2.75, 3.05) is 20.3 Å². The average Bonchev–Trinajstić information content (AvgIpc) is 2.64. The molecule has 1 heterocycles. The fraction of sp³-hybridized carbons (Fsp3) is 0.556. The summed E-state index contributed by atoms with van der Waals surface area (Å²) in [4.78, 5) is 23.3. The molecular weight excluding hydrogens is 326 g/mol. The number of hydrogen-bond acceptors (Lipinski definition) is 5. The second kappa shape index (κ2) is 9.39. The molecule has 1 aromatic carbocycles. The molecule has 1 saturated heterocycles. The minimum atomic E-state index is -1.07. The quantitative estimate of drug-likeness (QED) is 0.744. The van der Waals surface area contributed by atoms with Crippen LogP contribution in [-0.2, 0) is 20.8 Å². The number of carbonyl (C=O) groups is 2. The molecule has 2 atom stereocenters. The lowest BCUT2D eigenvalue weighted by Gasteiger charge is -2.23. The van der Waals surface area contributed by atoms with Crippen LogP contribution in [0.2, 0.25) is 0 Å². The molecule has 0 aliphatic carbocycles. The predicted molar refractivity (Wildman–Crippen MR) is 90.8 cm³/mol. The van der Waals surface area contributed by atoms with Gasteiger partial charge in [0, 0.05) is 13.2 Å². The smallest absolute Gasteiger partial charge is 0.339 e. The summed E-state index contributed by atoms with van der Waals surface area (Å²) in [6, 6.07) is 4.78. The highest BCUT2D eigenvalue weighted by Gasteiger charge is 2.19. The number of hydrogen-bond donors (Lipinski definition) is 2. The van der Waals surface area contributed by atoms with Gasteiger partial charge < -0.3 is 24.6 Å². The van der Waals surface area contributed by atoms with Crippen LogP contribution in [0, 0.1) is 0 Å². The first-order valence-corrected chi connectivity index (χ1v) is 8.42. The fourth-order valence-electron chi connectivity index (χ4n) is 2.63. The van der Waals surface area contributed by atoms with Gasteiger partial charge in [-0.05, 0) is 43.9 Å². The number of amides is 1. The van der Waals surface area contributed by atoms with Gasteiger partial charge in [0.1, 0.15) is 17.4 Å². The number of nitrogens with one attached hydrogen (secondary N) is 1. The predicted octanol–water partition coefficient (Wildman–Crippen LogP) is 1.98. The van der Waals surface area contributed by atoms with Gasteiger partial charge in [-0.25, -0.2) is 4.79 Å². The topological polar surface area (TPSA) is 94.1 Å². The Morgan fingerprint density at radius 1 is 1.40 bits per heavy atom. The third kappa shape index (κ3) is 5.72. The Labute approximate surface area is 147 Å². The molecule has 1 aromatic rings. The zero-order chi connectivity index (χ0) is 18.2. The van der Waals surface area contributed by atoms with E-state index in [0.717, 1.165) is 25.9 Å². The molecule has 7 nitrogen and oxygen atoms in total. The lowest BCUT2D eigenvalue weighted by Crippen LogP contribution is -2.36. The van der Waals surface area contributed by atoms with Gasteiger partial charge >= 0.3 is 5.97 Å². The fourth-order valence-corrected chi connectivity index (χ4v) is 2.63. The van der Waals surface area contributed by atoms with Gasteiger partial charge in [0.2, 0.25) is 5.91 Å². The van der Waals surface area contributed by atoms with E-state index in [-0.39, 0.29) is 29.9 Å². The van der Waals surface area contributed by atoms with Crippen LogP contribution < -0.4 is 10.1 Å². The molecule has 138 valence electrons. The van der Waals surface area contributed by atoms with E-state index >= 15 is 0 Å². The molecule has 2 rings (SSSR count). The van der Waals surface area contributed by atoms with Crippen LogP contribution in [-0.4, -0.2) is 49.5 Å². The minimum absolute atomic E-state index is 0.0590. The number of aromatic carboxylic acids is 1. The molecule has 1 amide bonds. The van der Waals surface area contributed by atoms with E-state index in [1.54, 1.807) is 19.1 Å². The van der Waals surface area contributed by atoms with Crippen LogP contribution in [0.1, 0.15) is 42.1 Å². The van der Waals surface area contributed by atoms with Gasteiger partial charge in [-0.15, -0.1) is 0 Å². The van der Waals surface area contributed by atoms with E-state index in [2.05, 4.69) is 5.32 Å². The van der Waals surface area contributed by atoms with Crippen molar-refractivity contribution in [3.63, 3.8) is 0 Å². The number of carboxylic acids is 1. The maximum atomic E-state index is 12.1. The van der Waals surface area contributed by atoms with E-state index in [0.29, 0.717) is 12.2 Å². The van der Waals surface area contributed by atoms with E-state index in [1.807, 2.05) is 0 Å². The van der Waals surface area contributed by atoms with Crippen molar-refractivity contribution in [3.05, 3.63) is 29.3 Å². The van der Waals surface area contributed by atoms with Crippen molar-refractivity contribution in [3.8, 4) is 5.75 Å². The zero-order valence-electron chi connectivity index (χ0n) is 14.6. The van der Waals surface area contributed by atoms with Crippen molar-refractivity contribution in [2.45, 2.75) is 44.9 Å². The average molecular weight is 351 g/mol. The standard InChI is InChI=1S/C18H25NO6/c1-12(25-11-14-5-3-4-8-24-14)17(20)19-10-13-6-7-16(23-2)15(9-13)18(21)22/h6-7,9,12,14H,3-5,8,10-11H2,1-2H3,(H,19,20)(H,21,22)/t12-,14-/m0/s1. The minimum Gasteiger partial charge on any atom is -0.496 e. The molecule has 1 fully saturated rings. The third-order valence-corrected chi connectivity index (χ3v) is 4.14. The zero-order valence-corrected chi connectivity index (χ0v) is 14.6.